The molecule has 0 unspecified atom stereocenters. The molecule has 2 heterocycles. The van der Waals surface area contributed by atoms with Gasteiger partial charge in [0.2, 0.25) is 0 Å². The van der Waals surface area contributed by atoms with Crippen LogP contribution in [0.3, 0.4) is 0 Å². The van der Waals surface area contributed by atoms with E-state index in [1.165, 1.54) is 24.5 Å². The van der Waals surface area contributed by atoms with Crippen LogP contribution in [-0.2, 0) is 4.74 Å². The van der Waals surface area contributed by atoms with E-state index < -0.39 is 11.9 Å². The minimum absolute atomic E-state index is 0.0555. The van der Waals surface area contributed by atoms with Gasteiger partial charge in [-0.3, -0.25) is 4.79 Å². The van der Waals surface area contributed by atoms with Crippen molar-refractivity contribution < 1.29 is 18.4 Å². The fourth-order valence-corrected chi connectivity index (χ4v) is 2.44. The minimum atomic E-state index is -0.508. The molecule has 1 saturated heterocycles. The maximum atomic E-state index is 13.5. The standard InChI is InChI=1S/C14H12ClFN2O3/c15-9-2-1-8(7-10(9)16)13-11(3-5-20-13)17-14(19)12-4-6-21-18-12/h1-2,4,6-7,11,13H,3,5H2,(H,17,19)/t11-,13+/m1/s1. The van der Waals surface area contributed by atoms with Crippen LogP contribution in [0.15, 0.2) is 35.1 Å². The van der Waals surface area contributed by atoms with Crippen LogP contribution in [0, 0.1) is 5.82 Å². The van der Waals surface area contributed by atoms with Gasteiger partial charge in [-0.1, -0.05) is 22.8 Å². The van der Waals surface area contributed by atoms with E-state index in [-0.39, 0.29) is 22.7 Å². The maximum absolute atomic E-state index is 13.5. The molecule has 1 fully saturated rings. The Balaban J connectivity index is 1.76. The summed E-state index contributed by atoms with van der Waals surface area (Å²) in [6, 6.07) is 5.71. The molecule has 0 bridgehead atoms. The van der Waals surface area contributed by atoms with Crippen molar-refractivity contribution in [3.63, 3.8) is 0 Å². The van der Waals surface area contributed by atoms with Crippen LogP contribution in [0.4, 0.5) is 4.39 Å². The molecule has 7 heteroatoms. The number of nitrogens with zero attached hydrogens (tertiary/aromatic N) is 1. The van der Waals surface area contributed by atoms with Gasteiger partial charge < -0.3 is 14.6 Å². The molecular weight excluding hydrogens is 299 g/mol. The van der Waals surface area contributed by atoms with Crippen LogP contribution in [-0.4, -0.2) is 23.7 Å². The number of hydrogen-bond acceptors (Lipinski definition) is 4. The van der Waals surface area contributed by atoms with Gasteiger partial charge in [0, 0.05) is 12.7 Å². The smallest absolute Gasteiger partial charge is 0.273 e. The first-order valence-electron chi connectivity index (χ1n) is 6.43. The average molecular weight is 311 g/mol. The number of carbonyl (C=O) groups excluding carboxylic acids is 1. The van der Waals surface area contributed by atoms with Crippen molar-refractivity contribution in [2.24, 2.45) is 0 Å². The molecule has 1 N–H and O–H groups in total. The topological polar surface area (TPSA) is 64.4 Å². The summed E-state index contributed by atoms with van der Waals surface area (Å²) < 4.78 is 23.8. The van der Waals surface area contributed by atoms with Gasteiger partial charge in [-0.15, -0.1) is 0 Å². The van der Waals surface area contributed by atoms with Crippen LogP contribution in [0.1, 0.15) is 28.6 Å². The molecule has 0 radical (unpaired) electrons. The van der Waals surface area contributed by atoms with Gasteiger partial charge in [0.05, 0.1) is 11.1 Å². The normalized spacial score (nSPS) is 21.4. The van der Waals surface area contributed by atoms with Crippen molar-refractivity contribution in [3.8, 4) is 0 Å². The van der Waals surface area contributed by atoms with Gasteiger partial charge in [-0.05, 0) is 24.1 Å². The molecule has 1 amide bonds. The second kappa shape index (κ2) is 5.83. The predicted molar refractivity (Wildman–Crippen MR) is 72.5 cm³/mol. The molecule has 0 saturated carbocycles. The molecule has 1 aromatic carbocycles. The largest absolute Gasteiger partial charge is 0.371 e. The number of hydrogen-bond donors (Lipinski definition) is 1. The number of carbonyl (C=O) groups is 1. The quantitative estimate of drug-likeness (QED) is 0.946. The van der Waals surface area contributed by atoms with Crippen LogP contribution >= 0.6 is 11.6 Å². The summed E-state index contributed by atoms with van der Waals surface area (Å²) in [6.45, 7) is 0.485. The lowest BCUT2D eigenvalue weighted by Crippen LogP contribution is -2.37. The zero-order valence-electron chi connectivity index (χ0n) is 10.9. The molecule has 1 aliphatic rings. The number of halogens is 2. The number of benzene rings is 1. The van der Waals surface area contributed by atoms with Crippen molar-refractivity contribution in [2.75, 3.05) is 6.61 Å². The fourth-order valence-electron chi connectivity index (χ4n) is 2.33. The Morgan fingerprint density at radius 2 is 2.29 bits per heavy atom. The third kappa shape index (κ3) is 2.91. The molecule has 0 spiro atoms. The van der Waals surface area contributed by atoms with E-state index in [2.05, 4.69) is 15.0 Å². The van der Waals surface area contributed by atoms with Crippen molar-refractivity contribution in [1.29, 1.82) is 0 Å². The summed E-state index contributed by atoms with van der Waals surface area (Å²) in [4.78, 5) is 12.0. The molecule has 21 heavy (non-hydrogen) atoms. The summed E-state index contributed by atoms with van der Waals surface area (Å²) in [7, 11) is 0. The van der Waals surface area contributed by atoms with Gasteiger partial charge in [0.15, 0.2) is 5.69 Å². The molecule has 5 nitrogen and oxygen atoms in total. The first-order chi connectivity index (χ1) is 10.1. The highest BCUT2D eigenvalue weighted by Gasteiger charge is 2.32. The molecular formula is C14H12ClFN2O3. The van der Waals surface area contributed by atoms with Crippen molar-refractivity contribution >= 4 is 17.5 Å². The van der Waals surface area contributed by atoms with Crippen molar-refractivity contribution in [3.05, 3.63) is 52.6 Å². The Kier molecular flexibility index (Phi) is 3.90. The van der Waals surface area contributed by atoms with E-state index in [1.54, 1.807) is 6.07 Å². The lowest BCUT2D eigenvalue weighted by Gasteiger charge is -2.20. The van der Waals surface area contributed by atoms with E-state index in [1.807, 2.05) is 0 Å². The summed E-state index contributed by atoms with van der Waals surface area (Å²) in [5.41, 5.74) is 0.836. The summed E-state index contributed by atoms with van der Waals surface area (Å²) in [5.74, 6) is -0.857. The Hall–Kier alpha value is -1.92. The van der Waals surface area contributed by atoms with Gasteiger partial charge in [0.1, 0.15) is 18.2 Å². The molecule has 1 aliphatic heterocycles. The van der Waals surface area contributed by atoms with Crippen LogP contribution < -0.4 is 5.32 Å². The van der Waals surface area contributed by atoms with E-state index in [0.717, 1.165) is 0 Å². The molecule has 2 aromatic rings. The minimum Gasteiger partial charge on any atom is -0.371 e. The summed E-state index contributed by atoms with van der Waals surface area (Å²) in [5, 5.41) is 6.45. The number of aromatic nitrogens is 1. The third-order valence-electron chi connectivity index (χ3n) is 3.35. The Morgan fingerprint density at radius 3 is 3.00 bits per heavy atom. The Morgan fingerprint density at radius 1 is 1.43 bits per heavy atom. The Labute approximate surface area is 125 Å². The summed E-state index contributed by atoms with van der Waals surface area (Å²) >= 11 is 5.67. The monoisotopic (exact) mass is 310 g/mol. The van der Waals surface area contributed by atoms with Crippen LogP contribution in [0.25, 0.3) is 0 Å². The average Bonchev–Trinajstić information content (AvgIpc) is 3.13. The number of amides is 1. The SMILES string of the molecule is O=C(N[C@@H]1CCO[C@H]1c1ccc(Cl)c(F)c1)c1ccon1. The highest BCUT2D eigenvalue weighted by Crippen LogP contribution is 2.31. The summed E-state index contributed by atoms with van der Waals surface area (Å²) in [6.07, 6.45) is 1.55. The lowest BCUT2D eigenvalue weighted by atomic mass is 10.0. The first-order valence-corrected chi connectivity index (χ1v) is 6.81. The third-order valence-corrected chi connectivity index (χ3v) is 3.66. The second-order valence-electron chi connectivity index (χ2n) is 4.72. The molecule has 0 aliphatic carbocycles. The molecule has 3 rings (SSSR count). The number of nitrogens with one attached hydrogen (secondary N) is 1. The van der Waals surface area contributed by atoms with Crippen molar-refractivity contribution in [2.45, 2.75) is 18.6 Å². The lowest BCUT2D eigenvalue weighted by molar-refractivity contribution is 0.0814. The van der Waals surface area contributed by atoms with E-state index in [4.69, 9.17) is 16.3 Å². The van der Waals surface area contributed by atoms with E-state index in [0.29, 0.717) is 18.6 Å². The van der Waals surface area contributed by atoms with Gasteiger partial charge in [0.25, 0.3) is 5.91 Å². The number of ether oxygens (including phenoxy) is 1. The predicted octanol–water partition coefficient (Wildman–Crippen LogP) is 2.73. The number of rotatable bonds is 3. The van der Waals surface area contributed by atoms with Gasteiger partial charge in [-0.2, -0.15) is 0 Å². The maximum Gasteiger partial charge on any atom is 0.273 e. The first kappa shape index (κ1) is 14.0. The van der Waals surface area contributed by atoms with E-state index in [9.17, 15) is 9.18 Å². The Bertz CT molecular complexity index is 648. The second-order valence-corrected chi connectivity index (χ2v) is 5.13. The highest BCUT2D eigenvalue weighted by atomic mass is 35.5. The van der Waals surface area contributed by atoms with E-state index >= 15 is 0 Å². The molecule has 2 atom stereocenters. The van der Waals surface area contributed by atoms with Crippen molar-refractivity contribution in [1.82, 2.24) is 10.5 Å². The van der Waals surface area contributed by atoms with Gasteiger partial charge in [-0.25, -0.2) is 4.39 Å². The molecule has 110 valence electrons. The zero-order valence-corrected chi connectivity index (χ0v) is 11.6. The van der Waals surface area contributed by atoms with Gasteiger partial charge >= 0.3 is 0 Å². The zero-order chi connectivity index (χ0) is 14.8. The highest BCUT2D eigenvalue weighted by molar-refractivity contribution is 6.30. The fraction of sp³-hybridized carbons (Fsp3) is 0.286. The van der Waals surface area contributed by atoms with Crippen LogP contribution in [0.5, 0.6) is 0 Å². The van der Waals surface area contributed by atoms with Crippen LogP contribution in [0.2, 0.25) is 5.02 Å². The molecule has 1 aromatic heterocycles.